The highest BCUT2D eigenvalue weighted by atomic mass is 127. The second kappa shape index (κ2) is 12.4. The molecule has 0 radical (unpaired) electrons. The van der Waals surface area contributed by atoms with Gasteiger partial charge in [0.25, 0.3) is 0 Å². The van der Waals surface area contributed by atoms with Crippen LogP contribution in [0.2, 0.25) is 0 Å². The van der Waals surface area contributed by atoms with Crippen LogP contribution < -0.4 is 10.6 Å². The Hall–Kier alpha value is -1.16. The van der Waals surface area contributed by atoms with E-state index < -0.39 is 0 Å². The van der Waals surface area contributed by atoms with Gasteiger partial charge in [0, 0.05) is 26.2 Å². The van der Waals surface area contributed by atoms with Crippen LogP contribution in [0, 0.1) is 6.92 Å². The van der Waals surface area contributed by atoms with Gasteiger partial charge in [-0.2, -0.15) is 11.3 Å². The predicted molar refractivity (Wildman–Crippen MR) is 129 cm³/mol. The molecule has 1 unspecified atom stereocenters. The third kappa shape index (κ3) is 7.02. The van der Waals surface area contributed by atoms with Crippen LogP contribution in [0.1, 0.15) is 29.7 Å². The third-order valence-electron chi connectivity index (χ3n) is 4.72. The lowest BCUT2D eigenvalue weighted by Crippen LogP contribution is -2.46. The molecular weight excluding hydrogens is 483 g/mol. The topological polar surface area (TPSA) is 48.9 Å². The number of hydrogen-bond donors (Lipinski definition) is 2. The van der Waals surface area contributed by atoms with Crippen LogP contribution in [-0.4, -0.2) is 50.3 Å². The molecule has 2 N–H and O–H groups in total. The molecule has 0 saturated carbocycles. The summed E-state index contributed by atoms with van der Waals surface area (Å²) in [4.78, 5) is 7.25. The Kier molecular flexibility index (Phi) is 10.3. The van der Waals surface area contributed by atoms with Gasteiger partial charge in [0.05, 0.1) is 25.8 Å². The highest BCUT2D eigenvalue weighted by Crippen LogP contribution is 2.22. The first-order valence-electron chi connectivity index (χ1n) is 9.68. The normalized spacial score (nSPS) is 16.3. The van der Waals surface area contributed by atoms with Gasteiger partial charge >= 0.3 is 0 Å². The van der Waals surface area contributed by atoms with E-state index in [-0.39, 0.29) is 24.0 Å². The summed E-state index contributed by atoms with van der Waals surface area (Å²) in [6, 6.07) is 11.2. The maximum atomic E-state index is 5.56. The number of nitrogens with one attached hydrogen (secondary N) is 2. The van der Waals surface area contributed by atoms with E-state index in [0.29, 0.717) is 12.6 Å². The van der Waals surface area contributed by atoms with Crippen molar-refractivity contribution in [2.75, 3.05) is 39.4 Å². The Morgan fingerprint density at radius 3 is 2.75 bits per heavy atom. The average Bonchev–Trinajstić information content (AvgIpc) is 3.21. The second-order valence-corrected chi connectivity index (χ2v) is 7.57. The number of halogens is 1. The first kappa shape index (κ1) is 23.1. The fourth-order valence-corrected chi connectivity index (χ4v) is 3.97. The van der Waals surface area contributed by atoms with Gasteiger partial charge < -0.3 is 15.4 Å². The van der Waals surface area contributed by atoms with Crippen molar-refractivity contribution < 1.29 is 4.74 Å². The van der Waals surface area contributed by atoms with Gasteiger partial charge in [0.1, 0.15) is 0 Å². The zero-order chi connectivity index (χ0) is 18.9. The Balaban J connectivity index is 0.00000280. The van der Waals surface area contributed by atoms with Crippen molar-refractivity contribution in [3.63, 3.8) is 0 Å². The van der Waals surface area contributed by atoms with Gasteiger partial charge in [0.2, 0.25) is 0 Å². The van der Waals surface area contributed by atoms with Crippen molar-refractivity contribution in [2.45, 2.75) is 26.4 Å². The fourth-order valence-electron chi connectivity index (χ4n) is 3.31. The van der Waals surface area contributed by atoms with Crippen molar-refractivity contribution in [1.29, 1.82) is 0 Å². The first-order valence-corrected chi connectivity index (χ1v) is 10.6. The molecule has 0 bridgehead atoms. The Morgan fingerprint density at radius 1 is 1.25 bits per heavy atom. The number of morpholine rings is 1. The average molecular weight is 514 g/mol. The summed E-state index contributed by atoms with van der Waals surface area (Å²) in [7, 11) is 0. The summed E-state index contributed by atoms with van der Waals surface area (Å²) < 4.78 is 5.56. The SMILES string of the molecule is CCNC(=NCc1ccsc1)NCC(c1cccc(C)c1)N1CCOCC1.I. The summed E-state index contributed by atoms with van der Waals surface area (Å²) in [5.74, 6) is 0.870. The Bertz CT molecular complexity index is 717. The Morgan fingerprint density at radius 2 is 2.07 bits per heavy atom. The number of thiophene rings is 1. The molecule has 2 aromatic rings. The minimum atomic E-state index is 0. The zero-order valence-electron chi connectivity index (χ0n) is 16.7. The third-order valence-corrected chi connectivity index (χ3v) is 5.45. The van der Waals surface area contributed by atoms with Crippen molar-refractivity contribution >= 4 is 41.3 Å². The number of guanidine groups is 1. The molecule has 5 nitrogen and oxygen atoms in total. The summed E-state index contributed by atoms with van der Waals surface area (Å²) >= 11 is 1.71. The van der Waals surface area contributed by atoms with Gasteiger partial charge in [-0.3, -0.25) is 4.90 Å². The lowest BCUT2D eigenvalue weighted by Gasteiger charge is -2.35. The van der Waals surface area contributed by atoms with Crippen LogP contribution in [0.25, 0.3) is 0 Å². The van der Waals surface area contributed by atoms with Crippen molar-refractivity contribution in [2.24, 2.45) is 4.99 Å². The van der Waals surface area contributed by atoms with Gasteiger partial charge in [0.15, 0.2) is 5.96 Å². The zero-order valence-corrected chi connectivity index (χ0v) is 19.8. The number of aliphatic imine (C=N–C) groups is 1. The summed E-state index contributed by atoms with van der Waals surface area (Å²) in [5.41, 5.74) is 3.89. The maximum absolute atomic E-state index is 5.56. The van der Waals surface area contributed by atoms with Gasteiger partial charge in [-0.25, -0.2) is 4.99 Å². The first-order chi connectivity index (χ1) is 13.3. The van der Waals surface area contributed by atoms with Gasteiger partial charge in [-0.1, -0.05) is 29.8 Å². The number of benzene rings is 1. The van der Waals surface area contributed by atoms with E-state index in [1.54, 1.807) is 11.3 Å². The lowest BCUT2D eigenvalue weighted by molar-refractivity contribution is 0.0170. The molecule has 1 aliphatic heterocycles. The van der Waals surface area contributed by atoms with Crippen LogP contribution in [-0.2, 0) is 11.3 Å². The number of rotatable bonds is 7. The number of nitrogens with zero attached hydrogens (tertiary/aromatic N) is 2. The molecule has 1 aliphatic rings. The number of ether oxygens (including phenoxy) is 1. The molecule has 0 amide bonds. The lowest BCUT2D eigenvalue weighted by atomic mass is 10.0. The van der Waals surface area contributed by atoms with E-state index in [0.717, 1.165) is 45.4 Å². The quantitative estimate of drug-likeness (QED) is 0.335. The van der Waals surface area contributed by atoms with Crippen LogP contribution in [0.5, 0.6) is 0 Å². The van der Waals surface area contributed by atoms with Gasteiger partial charge in [-0.05, 0) is 41.8 Å². The number of hydrogen-bond acceptors (Lipinski definition) is 4. The molecule has 154 valence electrons. The smallest absolute Gasteiger partial charge is 0.191 e. The van der Waals surface area contributed by atoms with E-state index in [4.69, 9.17) is 9.73 Å². The molecule has 3 rings (SSSR count). The Labute approximate surface area is 189 Å². The van der Waals surface area contributed by atoms with Crippen LogP contribution >= 0.6 is 35.3 Å². The maximum Gasteiger partial charge on any atom is 0.191 e. The molecule has 1 fully saturated rings. The van der Waals surface area contributed by atoms with Gasteiger partial charge in [-0.15, -0.1) is 24.0 Å². The van der Waals surface area contributed by atoms with Crippen molar-refractivity contribution in [3.05, 3.63) is 57.8 Å². The predicted octanol–water partition coefficient (Wildman–Crippen LogP) is 3.80. The van der Waals surface area contributed by atoms with E-state index in [1.165, 1.54) is 16.7 Å². The van der Waals surface area contributed by atoms with E-state index in [2.05, 4.69) is 70.5 Å². The monoisotopic (exact) mass is 514 g/mol. The molecule has 0 spiro atoms. The highest BCUT2D eigenvalue weighted by molar-refractivity contribution is 14.0. The van der Waals surface area contributed by atoms with E-state index in [9.17, 15) is 0 Å². The van der Waals surface area contributed by atoms with Crippen molar-refractivity contribution in [1.82, 2.24) is 15.5 Å². The molecule has 1 aromatic heterocycles. The molecule has 28 heavy (non-hydrogen) atoms. The van der Waals surface area contributed by atoms with Crippen molar-refractivity contribution in [3.8, 4) is 0 Å². The second-order valence-electron chi connectivity index (χ2n) is 6.79. The fraction of sp³-hybridized carbons (Fsp3) is 0.476. The molecule has 1 saturated heterocycles. The van der Waals surface area contributed by atoms with Crippen LogP contribution in [0.15, 0.2) is 46.1 Å². The minimum absolute atomic E-state index is 0. The molecule has 0 aliphatic carbocycles. The minimum Gasteiger partial charge on any atom is -0.379 e. The summed E-state index contributed by atoms with van der Waals surface area (Å²) in [6.07, 6.45) is 0. The standard InChI is InChI=1S/C21H30N4OS.HI/c1-3-22-21(23-14-18-7-12-27-16-18)24-15-20(25-8-10-26-11-9-25)19-6-4-5-17(2)13-19;/h4-7,12-13,16,20H,3,8-11,14-15H2,1-2H3,(H2,22,23,24);1H. The molecule has 7 heteroatoms. The molecule has 1 aromatic carbocycles. The highest BCUT2D eigenvalue weighted by Gasteiger charge is 2.23. The summed E-state index contributed by atoms with van der Waals surface area (Å²) in [5, 5.41) is 11.2. The largest absolute Gasteiger partial charge is 0.379 e. The van der Waals surface area contributed by atoms with E-state index in [1.807, 2.05) is 0 Å². The van der Waals surface area contributed by atoms with E-state index >= 15 is 0 Å². The summed E-state index contributed by atoms with van der Waals surface area (Å²) in [6.45, 7) is 10.1. The van der Waals surface area contributed by atoms with Crippen LogP contribution in [0.3, 0.4) is 0 Å². The number of aryl methyl sites for hydroxylation is 1. The molecule has 1 atom stereocenters. The van der Waals surface area contributed by atoms with Crippen LogP contribution in [0.4, 0.5) is 0 Å². The molecule has 2 heterocycles. The molecular formula is C21H31IN4OS.